The van der Waals surface area contributed by atoms with Gasteiger partial charge in [0.15, 0.2) is 11.4 Å². The fourth-order valence-electron chi connectivity index (χ4n) is 4.84. The lowest BCUT2D eigenvalue weighted by Crippen LogP contribution is -2.18. The summed E-state index contributed by atoms with van der Waals surface area (Å²) >= 11 is 0. The first-order chi connectivity index (χ1) is 17.8. The van der Waals surface area contributed by atoms with Crippen LogP contribution in [0.1, 0.15) is 98.8 Å². The molecule has 0 N–H and O–H groups in total. The lowest BCUT2D eigenvalue weighted by molar-refractivity contribution is 0.0508. The van der Waals surface area contributed by atoms with E-state index in [2.05, 4.69) is 25.8 Å². The predicted octanol–water partition coefficient (Wildman–Crippen LogP) is 5.66. The number of carbonyl (C=O) groups is 2. The van der Waals surface area contributed by atoms with Crippen LogP contribution >= 0.6 is 0 Å². The van der Waals surface area contributed by atoms with Gasteiger partial charge in [-0.3, -0.25) is 8.80 Å². The van der Waals surface area contributed by atoms with Gasteiger partial charge in [0.25, 0.3) is 0 Å². The van der Waals surface area contributed by atoms with Crippen molar-refractivity contribution in [1.82, 2.24) is 18.8 Å². The summed E-state index contributed by atoms with van der Waals surface area (Å²) in [7, 11) is 0. The van der Waals surface area contributed by atoms with Crippen molar-refractivity contribution in [2.45, 2.75) is 72.6 Å². The van der Waals surface area contributed by atoms with Gasteiger partial charge in [0.05, 0.1) is 25.1 Å². The zero-order chi connectivity index (χ0) is 28.0. The van der Waals surface area contributed by atoms with E-state index in [0.717, 1.165) is 11.1 Å². The summed E-state index contributed by atoms with van der Waals surface area (Å²) in [5, 5.41) is 0. The summed E-state index contributed by atoms with van der Waals surface area (Å²) in [6.45, 7) is 16.0. The van der Waals surface area contributed by atoms with Crippen LogP contribution < -0.4 is 0 Å². The first-order valence-electron chi connectivity index (χ1n) is 12.8. The van der Waals surface area contributed by atoms with E-state index in [9.17, 15) is 14.0 Å². The van der Waals surface area contributed by atoms with Crippen LogP contribution in [0.5, 0.6) is 0 Å². The standard InChI is InChI=1S/C29H35FN4O4/c1-9-37-26(35)21-15-31-25-22(29(6,7)8)17(11-12-33(21)25)13-20-23(27(36)38-10-2)34-16-18(30)14-19(24(34)32-20)28(3,4)5/h11-12,14-16H,9-10,13H2,1-8H3. The Morgan fingerprint density at radius 3 is 2.21 bits per heavy atom. The second-order valence-electron chi connectivity index (χ2n) is 11.3. The van der Waals surface area contributed by atoms with Crippen molar-refractivity contribution in [2.75, 3.05) is 13.2 Å². The SMILES string of the molecule is CCOC(=O)c1cnc2c(C(C)(C)C)c(Cc3nc4c(C(C)(C)C)cc(F)cn4c3C(=O)OCC)ccn12. The van der Waals surface area contributed by atoms with Crippen molar-refractivity contribution < 1.29 is 23.5 Å². The molecule has 4 aromatic heterocycles. The number of hydrogen-bond acceptors (Lipinski definition) is 6. The Balaban J connectivity index is 1.96. The molecule has 0 aliphatic carbocycles. The molecule has 0 saturated heterocycles. The molecular weight excluding hydrogens is 487 g/mol. The van der Waals surface area contributed by atoms with Crippen molar-refractivity contribution >= 4 is 23.2 Å². The highest BCUT2D eigenvalue weighted by molar-refractivity contribution is 5.91. The van der Waals surface area contributed by atoms with Gasteiger partial charge in [0.1, 0.15) is 17.1 Å². The average molecular weight is 523 g/mol. The Hall–Kier alpha value is -3.75. The maximum atomic E-state index is 14.8. The van der Waals surface area contributed by atoms with Crippen LogP contribution in [-0.4, -0.2) is 43.9 Å². The van der Waals surface area contributed by atoms with Crippen molar-refractivity contribution in [3.63, 3.8) is 0 Å². The van der Waals surface area contributed by atoms with Crippen LogP contribution in [0.2, 0.25) is 0 Å². The minimum Gasteiger partial charge on any atom is -0.461 e. The van der Waals surface area contributed by atoms with Gasteiger partial charge in [-0.2, -0.15) is 0 Å². The largest absolute Gasteiger partial charge is 0.461 e. The summed E-state index contributed by atoms with van der Waals surface area (Å²) in [6, 6.07) is 3.37. The smallest absolute Gasteiger partial charge is 0.357 e. The molecule has 0 spiro atoms. The van der Waals surface area contributed by atoms with Gasteiger partial charge in [-0.1, -0.05) is 41.5 Å². The molecule has 0 radical (unpaired) electrons. The van der Waals surface area contributed by atoms with Gasteiger partial charge in [0.2, 0.25) is 0 Å². The van der Waals surface area contributed by atoms with Gasteiger partial charge < -0.3 is 9.47 Å². The summed E-state index contributed by atoms with van der Waals surface area (Å²) in [6.07, 6.45) is 4.85. The zero-order valence-electron chi connectivity index (χ0n) is 23.3. The highest BCUT2D eigenvalue weighted by Crippen LogP contribution is 2.34. The minimum absolute atomic E-state index is 0.177. The summed E-state index contributed by atoms with van der Waals surface area (Å²) in [5.41, 5.74) is 3.86. The second kappa shape index (κ2) is 9.85. The number of halogens is 1. The number of ether oxygens (including phenoxy) is 2. The van der Waals surface area contributed by atoms with E-state index in [0.29, 0.717) is 28.2 Å². The predicted molar refractivity (Wildman–Crippen MR) is 142 cm³/mol. The van der Waals surface area contributed by atoms with Gasteiger partial charge in [-0.05, 0) is 42.4 Å². The van der Waals surface area contributed by atoms with E-state index in [4.69, 9.17) is 14.5 Å². The highest BCUT2D eigenvalue weighted by atomic mass is 19.1. The third kappa shape index (κ3) is 4.89. The number of esters is 2. The van der Waals surface area contributed by atoms with Crippen LogP contribution in [0, 0.1) is 5.82 Å². The molecule has 4 aromatic rings. The fourth-order valence-corrected chi connectivity index (χ4v) is 4.84. The number of imidazole rings is 2. The Kier molecular flexibility index (Phi) is 7.07. The molecule has 0 bridgehead atoms. The number of pyridine rings is 2. The Morgan fingerprint density at radius 1 is 0.947 bits per heavy atom. The molecular formula is C29H35FN4O4. The zero-order valence-corrected chi connectivity index (χ0v) is 23.3. The number of hydrogen-bond donors (Lipinski definition) is 0. The maximum Gasteiger partial charge on any atom is 0.357 e. The average Bonchev–Trinajstić information content (AvgIpc) is 3.38. The summed E-state index contributed by atoms with van der Waals surface area (Å²) < 4.78 is 28.6. The van der Waals surface area contributed by atoms with E-state index in [1.165, 1.54) is 22.9 Å². The maximum absolute atomic E-state index is 14.8. The second-order valence-corrected chi connectivity index (χ2v) is 11.3. The van der Waals surface area contributed by atoms with E-state index in [-0.39, 0.29) is 30.7 Å². The molecule has 0 fully saturated rings. The molecule has 0 aliphatic heterocycles. The Labute approximate surface area is 221 Å². The van der Waals surface area contributed by atoms with Crippen molar-refractivity contribution in [1.29, 1.82) is 0 Å². The third-order valence-electron chi connectivity index (χ3n) is 6.39. The Morgan fingerprint density at radius 2 is 1.61 bits per heavy atom. The van der Waals surface area contributed by atoms with Crippen molar-refractivity contribution in [3.8, 4) is 0 Å². The fraction of sp³-hybridized carbons (Fsp3) is 0.448. The van der Waals surface area contributed by atoms with Crippen LogP contribution in [-0.2, 0) is 26.7 Å². The van der Waals surface area contributed by atoms with Gasteiger partial charge >= 0.3 is 11.9 Å². The van der Waals surface area contributed by atoms with Crippen molar-refractivity contribution in [3.05, 3.63) is 70.3 Å². The molecule has 0 aliphatic rings. The van der Waals surface area contributed by atoms with Crippen LogP contribution in [0.3, 0.4) is 0 Å². The first kappa shape index (κ1) is 27.3. The highest BCUT2D eigenvalue weighted by Gasteiger charge is 2.30. The third-order valence-corrected chi connectivity index (χ3v) is 6.39. The van der Waals surface area contributed by atoms with Crippen LogP contribution in [0.15, 0.2) is 30.7 Å². The van der Waals surface area contributed by atoms with Gasteiger partial charge in [0, 0.05) is 29.9 Å². The molecule has 9 heteroatoms. The lowest BCUT2D eigenvalue weighted by Gasteiger charge is -2.24. The molecule has 38 heavy (non-hydrogen) atoms. The van der Waals surface area contributed by atoms with Gasteiger partial charge in [-0.25, -0.2) is 23.9 Å². The lowest BCUT2D eigenvalue weighted by atomic mass is 9.83. The molecule has 202 valence electrons. The molecule has 4 rings (SSSR count). The van der Waals surface area contributed by atoms with E-state index >= 15 is 0 Å². The molecule has 0 aromatic carbocycles. The number of aromatic nitrogens is 4. The summed E-state index contributed by atoms with van der Waals surface area (Å²) in [4.78, 5) is 35.1. The van der Waals surface area contributed by atoms with Crippen LogP contribution in [0.4, 0.5) is 4.39 Å². The molecule has 0 unspecified atom stereocenters. The Bertz CT molecular complexity index is 1540. The molecule has 8 nitrogen and oxygen atoms in total. The first-order valence-corrected chi connectivity index (χ1v) is 12.8. The van der Waals surface area contributed by atoms with Crippen LogP contribution in [0.25, 0.3) is 11.3 Å². The van der Waals surface area contributed by atoms with Gasteiger partial charge in [-0.15, -0.1) is 0 Å². The topological polar surface area (TPSA) is 87.2 Å². The number of rotatable bonds is 6. The number of nitrogens with zero attached hydrogens (tertiary/aromatic N) is 4. The molecule has 0 saturated carbocycles. The quantitative estimate of drug-likeness (QED) is 0.304. The van der Waals surface area contributed by atoms with E-state index in [1.54, 1.807) is 24.4 Å². The minimum atomic E-state index is -0.566. The van der Waals surface area contributed by atoms with E-state index in [1.807, 2.05) is 26.8 Å². The van der Waals surface area contributed by atoms with E-state index < -0.39 is 23.2 Å². The normalized spacial score (nSPS) is 12.3. The molecule has 0 amide bonds. The summed E-state index contributed by atoms with van der Waals surface area (Å²) in [5.74, 6) is -1.48. The number of fused-ring (bicyclic) bond motifs is 2. The molecule has 0 atom stereocenters. The van der Waals surface area contributed by atoms with Crippen molar-refractivity contribution in [2.24, 2.45) is 0 Å². The number of carbonyl (C=O) groups excluding carboxylic acids is 2. The molecule has 4 heterocycles. The monoisotopic (exact) mass is 522 g/mol.